The number of carbonyl (C=O) groups is 2. The zero-order valence-corrected chi connectivity index (χ0v) is 25.1. The summed E-state index contributed by atoms with van der Waals surface area (Å²) in [7, 11) is 0. The molecule has 0 amide bonds. The van der Waals surface area contributed by atoms with Gasteiger partial charge in [0.1, 0.15) is 29.6 Å². The second kappa shape index (κ2) is 14.6. The Bertz CT molecular complexity index is 1580. The highest BCUT2D eigenvalue weighted by atomic mass is 32.1. The summed E-state index contributed by atoms with van der Waals surface area (Å²) in [6.45, 7) is 2.94. The van der Waals surface area contributed by atoms with Crippen LogP contribution in [0.1, 0.15) is 30.2 Å². The van der Waals surface area contributed by atoms with E-state index in [0.717, 1.165) is 21.8 Å². The number of carbonyl (C=O) groups excluding carboxylic acids is 1. The number of carboxylic acid groups (broad SMARTS) is 1. The van der Waals surface area contributed by atoms with Gasteiger partial charge in [0.15, 0.2) is 18.5 Å². The van der Waals surface area contributed by atoms with Crippen molar-refractivity contribution < 1.29 is 49.0 Å². The molecule has 13 nitrogen and oxygen atoms in total. The Morgan fingerprint density at radius 3 is 2.49 bits per heavy atom. The molecule has 5 atom stereocenters. The maximum atomic E-state index is 12.5. The Hall–Kier alpha value is -4.34. The van der Waals surface area contributed by atoms with Gasteiger partial charge in [-0.1, -0.05) is 42.5 Å². The molecule has 2 aromatic heterocycles. The molecule has 0 aliphatic carbocycles. The zero-order valence-electron chi connectivity index (χ0n) is 24.3. The number of benzene rings is 2. The molecular weight excluding hydrogens is 606 g/mol. The molecule has 0 unspecified atom stereocenters. The molecule has 0 bridgehead atoms. The molecule has 4 N–H and O–H groups in total. The zero-order chi connectivity index (χ0) is 31.9. The normalized spacial score (nSPS) is 21.3. The van der Waals surface area contributed by atoms with Gasteiger partial charge >= 0.3 is 11.9 Å². The number of hydrogen-bond donors (Lipinski definition) is 4. The van der Waals surface area contributed by atoms with Crippen LogP contribution in [0.5, 0.6) is 11.6 Å². The molecule has 3 heterocycles. The van der Waals surface area contributed by atoms with E-state index >= 15 is 0 Å². The van der Waals surface area contributed by atoms with Gasteiger partial charge in [0.2, 0.25) is 5.88 Å². The first-order valence-corrected chi connectivity index (χ1v) is 15.1. The fraction of sp³-hybridized carbons (Fsp3) is 0.355. The van der Waals surface area contributed by atoms with Crippen LogP contribution in [0.2, 0.25) is 0 Å². The van der Waals surface area contributed by atoms with Gasteiger partial charge in [-0.25, -0.2) is 9.78 Å². The number of aliphatic hydroxyl groups excluding tert-OH is 3. The fourth-order valence-corrected chi connectivity index (χ4v) is 5.52. The average molecular weight is 640 g/mol. The van der Waals surface area contributed by atoms with Gasteiger partial charge in [-0.3, -0.25) is 9.48 Å². The van der Waals surface area contributed by atoms with Crippen molar-refractivity contribution in [2.75, 3.05) is 6.61 Å². The van der Waals surface area contributed by atoms with Crippen molar-refractivity contribution in [1.29, 1.82) is 0 Å². The van der Waals surface area contributed by atoms with E-state index in [4.69, 9.17) is 24.1 Å². The van der Waals surface area contributed by atoms with E-state index in [1.807, 2.05) is 66.9 Å². The van der Waals surface area contributed by atoms with Gasteiger partial charge in [0.25, 0.3) is 0 Å². The number of hydrogen-bond acceptors (Lipinski definition) is 12. The third kappa shape index (κ3) is 8.04. The van der Waals surface area contributed by atoms with Gasteiger partial charge in [-0.2, -0.15) is 0 Å². The van der Waals surface area contributed by atoms with Gasteiger partial charge in [0.05, 0.1) is 18.8 Å². The van der Waals surface area contributed by atoms with Gasteiger partial charge < -0.3 is 39.4 Å². The summed E-state index contributed by atoms with van der Waals surface area (Å²) in [4.78, 5) is 28.3. The van der Waals surface area contributed by atoms with Crippen LogP contribution in [0.3, 0.4) is 0 Å². The van der Waals surface area contributed by atoms with E-state index in [0.29, 0.717) is 37.0 Å². The predicted molar refractivity (Wildman–Crippen MR) is 160 cm³/mol. The van der Waals surface area contributed by atoms with Crippen molar-refractivity contribution in [3.8, 4) is 22.2 Å². The first kappa shape index (κ1) is 32.1. The highest BCUT2D eigenvalue weighted by molar-refractivity contribution is 7.13. The lowest BCUT2D eigenvalue weighted by molar-refractivity contribution is -0.284. The Kier molecular flexibility index (Phi) is 10.4. The summed E-state index contributed by atoms with van der Waals surface area (Å²) < 4.78 is 23.2. The highest BCUT2D eigenvalue weighted by Crippen LogP contribution is 2.26. The van der Waals surface area contributed by atoms with Crippen LogP contribution in [0.15, 0.2) is 66.2 Å². The number of esters is 1. The minimum Gasteiger partial charge on any atom is -0.487 e. The minimum atomic E-state index is -1.92. The SMILES string of the molecule is CCOc1nn(Cc2ccc(OCc3csc(-c4ccccc4)n3)cc2)cc1CCC(=O)O[C@@H]1[C@@H](O)[C@H](O)[C@@H](C(=O)O)O[C@@H]1O. The molecular formula is C31H33N3O10S. The van der Waals surface area contributed by atoms with Crippen LogP contribution in [0.25, 0.3) is 10.6 Å². The Morgan fingerprint density at radius 1 is 1.02 bits per heavy atom. The molecule has 4 aromatic rings. The van der Waals surface area contributed by atoms with Crippen LogP contribution in [0.4, 0.5) is 0 Å². The minimum absolute atomic E-state index is 0.169. The molecule has 1 saturated heterocycles. The largest absolute Gasteiger partial charge is 0.487 e. The summed E-state index contributed by atoms with van der Waals surface area (Å²) >= 11 is 1.57. The molecule has 45 heavy (non-hydrogen) atoms. The number of aromatic nitrogens is 3. The summed E-state index contributed by atoms with van der Waals surface area (Å²) in [6.07, 6.45) is -7.42. The predicted octanol–water partition coefficient (Wildman–Crippen LogP) is 2.40. The lowest BCUT2D eigenvalue weighted by Crippen LogP contribution is -2.60. The third-order valence-corrected chi connectivity index (χ3v) is 7.92. The summed E-state index contributed by atoms with van der Waals surface area (Å²) in [5.41, 5.74) is 3.51. The molecule has 0 saturated carbocycles. The second-order valence-corrected chi connectivity index (χ2v) is 11.1. The number of rotatable bonds is 13. The quantitative estimate of drug-likeness (QED) is 0.157. The number of aliphatic hydroxyl groups is 3. The number of carboxylic acids is 1. The first-order valence-electron chi connectivity index (χ1n) is 14.2. The second-order valence-electron chi connectivity index (χ2n) is 10.3. The topological polar surface area (TPSA) is 183 Å². The lowest BCUT2D eigenvalue weighted by atomic mass is 9.99. The molecule has 14 heteroatoms. The number of aliphatic carboxylic acids is 1. The Morgan fingerprint density at radius 2 is 1.78 bits per heavy atom. The monoisotopic (exact) mass is 639 g/mol. The van der Waals surface area contributed by atoms with Crippen LogP contribution < -0.4 is 9.47 Å². The number of nitrogens with zero attached hydrogens (tertiary/aromatic N) is 3. The van der Waals surface area contributed by atoms with Crippen LogP contribution in [-0.4, -0.2) is 84.4 Å². The fourth-order valence-electron chi connectivity index (χ4n) is 4.71. The molecule has 1 fully saturated rings. The molecule has 2 aromatic carbocycles. The van der Waals surface area contributed by atoms with Gasteiger partial charge in [0, 0.05) is 29.1 Å². The average Bonchev–Trinajstić information content (AvgIpc) is 3.67. The summed E-state index contributed by atoms with van der Waals surface area (Å²) in [5.74, 6) is -1.32. The first-order chi connectivity index (χ1) is 21.7. The van der Waals surface area contributed by atoms with Crippen molar-refractivity contribution in [1.82, 2.24) is 14.8 Å². The van der Waals surface area contributed by atoms with Crippen molar-refractivity contribution in [3.05, 3.63) is 83.0 Å². The molecule has 5 rings (SSSR count). The van der Waals surface area contributed by atoms with Crippen LogP contribution >= 0.6 is 11.3 Å². The number of aryl methyl sites for hydroxylation is 1. The van der Waals surface area contributed by atoms with Crippen molar-refractivity contribution in [2.24, 2.45) is 0 Å². The summed E-state index contributed by atoms with van der Waals surface area (Å²) in [5, 5.41) is 46.6. The maximum Gasteiger partial charge on any atom is 0.335 e. The highest BCUT2D eigenvalue weighted by Gasteiger charge is 2.49. The van der Waals surface area contributed by atoms with Gasteiger partial charge in [-0.15, -0.1) is 16.4 Å². The Labute approximate surface area is 262 Å². The smallest absolute Gasteiger partial charge is 0.335 e. The number of thiazole rings is 1. The van der Waals surface area contributed by atoms with Crippen molar-refractivity contribution >= 4 is 23.3 Å². The van der Waals surface area contributed by atoms with E-state index in [2.05, 4.69) is 10.1 Å². The van der Waals surface area contributed by atoms with Crippen LogP contribution in [-0.2, 0) is 38.6 Å². The van der Waals surface area contributed by atoms with E-state index in [1.54, 1.807) is 22.2 Å². The molecule has 238 valence electrons. The maximum absolute atomic E-state index is 12.5. The van der Waals surface area contributed by atoms with E-state index in [-0.39, 0.29) is 12.8 Å². The van der Waals surface area contributed by atoms with E-state index < -0.39 is 42.6 Å². The summed E-state index contributed by atoms with van der Waals surface area (Å²) in [6, 6.07) is 17.6. The molecule has 1 aliphatic rings. The lowest BCUT2D eigenvalue weighted by Gasteiger charge is -2.38. The van der Waals surface area contributed by atoms with E-state index in [9.17, 15) is 24.9 Å². The Balaban J connectivity index is 1.14. The molecule has 1 aliphatic heterocycles. The standard InChI is InChI=1S/C31H33N3O10S/c1-2-41-28-20(10-13-23(35)43-27-25(37)24(36)26(30(38)39)44-31(27)40)15-34(33-28)14-18-8-11-22(12-9-18)42-16-21-17-45-29(32-21)19-6-4-3-5-7-19/h3-9,11-12,15,17,24-27,31,36-37,40H,2,10,13-14,16H2,1H3,(H,38,39)/t24-,25-,26-,27+,31-/m0/s1. The molecule has 0 spiro atoms. The van der Waals surface area contributed by atoms with Crippen molar-refractivity contribution in [3.63, 3.8) is 0 Å². The van der Waals surface area contributed by atoms with E-state index in [1.165, 1.54) is 0 Å². The van der Waals surface area contributed by atoms with Crippen LogP contribution in [0, 0.1) is 0 Å². The van der Waals surface area contributed by atoms with Crippen molar-refractivity contribution in [2.45, 2.75) is 63.6 Å². The molecule has 0 radical (unpaired) electrons. The number of ether oxygens (including phenoxy) is 4. The third-order valence-electron chi connectivity index (χ3n) is 6.98. The van der Waals surface area contributed by atoms with Gasteiger partial charge in [-0.05, 0) is 31.0 Å².